The highest BCUT2D eigenvalue weighted by Gasteiger charge is 2.23. The third kappa shape index (κ3) is 4.06. The van der Waals surface area contributed by atoms with E-state index >= 15 is 0 Å². The molecule has 0 spiro atoms. The maximum atomic E-state index is 13.5. The summed E-state index contributed by atoms with van der Waals surface area (Å²) in [6.45, 7) is 1.82. The zero-order valence-corrected chi connectivity index (χ0v) is 11.5. The summed E-state index contributed by atoms with van der Waals surface area (Å²) in [5, 5.41) is 2.72. The van der Waals surface area contributed by atoms with Crippen LogP contribution in [0.3, 0.4) is 0 Å². The molecule has 7 heteroatoms. The van der Waals surface area contributed by atoms with Crippen LogP contribution in [-0.4, -0.2) is 29.6 Å². The molecule has 0 radical (unpaired) electrons. The summed E-state index contributed by atoms with van der Waals surface area (Å²) in [7, 11) is 0. The standard InChI is InChI=1S/C13H13F2N3OS/c1-8(20)17-12-11(15)6-16-13(18-12)19-7-9-2-4-10(14)5-3-9/h2-6,11-12H,7H2,1H3,(H,17,20). The van der Waals surface area contributed by atoms with E-state index in [0.717, 1.165) is 11.8 Å². The van der Waals surface area contributed by atoms with Crippen LogP contribution in [0.5, 0.6) is 0 Å². The van der Waals surface area contributed by atoms with E-state index in [2.05, 4.69) is 15.3 Å². The molecular weight excluding hydrogens is 284 g/mol. The number of aliphatic imine (C=N–C) groups is 2. The average Bonchev–Trinajstić information content (AvgIpc) is 2.41. The molecular formula is C13H13F2N3OS. The first kappa shape index (κ1) is 14.5. The van der Waals surface area contributed by atoms with E-state index in [0.29, 0.717) is 4.99 Å². The maximum absolute atomic E-state index is 13.5. The molecule has 106 valence electrons. The zero-order valence-electron chi connectivity index (χ0n) is 10.7. The lowest BCUT2D eigenvalue weighted by atomic mass is 10.2. The molecule has 1 N–H and O–H groups in total. The first-order valence-corrected chi connectivity index (χ1v) is 6.36. The van der Waals surface area contributed by atoms with E-state index in [1.165, 1.54) is 12.1 Å². The second-order valence-corrected chi connectivity index (χ2v) is 4.81. The molecule has 1 aromatic carbocycles. The van der Waals surface area contributed by atoms with Gasteiger partial charge in [-0.2, -0.15) is 0 Å². The minimum atomic E-state index is -1.36. The first-order chi connectivity index (χ1) is 9.54. The Labute approximate surface area is 120 Å². The van der Waals surface area contributed by atoms with E-state index < -0.39 is 12.3 Å². The van der Waals surface area contributed by atoms with Gasteiger partial charge in [-0.15, -0.1) is 0 Å². The third-order valence-corrected chi connectivity index (χ3v) is 2.63. The van der Waals surface area contributed by atoms with Crippen molar-refractivity contribution in [3.05, 3.63) is 35.6 Å². The number of amidine groups is 1. The van der Waals surface area contributed by atoms with Crippen LogP contribution >= 0.6 is 12.2 Å². The monoisotopic (exact) mass is 297 g/mol. The van der Waals surface area contributed by atoms with Gasteiger partial charge in [-0.3, -0.25) is 0 Å². The van der Waals surface area contributed by atoms with E-state index in [9.17, 15) is 8.78 Å². The Balaban J connectivity index is 1.96. The number of ether oxygens (including phenoxy) is 1. The number of benzene rings is 1. The van der Waals surface area contributed by atoms with Crippen molar-refractivity contribution < 1.29 is 13.5 Å². The number of nitrogens with zero attached hydrogens (tertiary/aromatic N) is 2. The second-order valence-electron chi connectivity index (χ2n) is 4.19. The number of hydrogen-bond acceptors (Lipinski definition) is 4. The highest BCUT2D eigenvalue weighted by atomic mass is 32.1. The summed E-state index contributed by atoms with van der Waals surface area (Å²) in [5.74, 6) is -0.317. The molecule has 0 aromatic heterocycles. The average molecular weight is 297 g/mol. The van der Waals surface area contributed by atoms with Crippen LogP contribution in [0.15, 0.2) is 34.3 Å². The van der Waals surface area contributed by atoms with Gasteiger partial charge in [0.05, 0.1) is 4.99 Å². The lowest BCUT2D eigenvalue weighted by Gasteiger charge is -2.20. The third-order valence-electron chi connectivity index (χ3n) is 2.51. The highest BCUT2D eigenvalue weighted by molar-refractivity contribution is 7.80. The van der Waals surface area contributed by atoms with E-state index in [1.807, 2.05) is 0 Å². The van der Waals surface area contributed by atoms with Crippen molar-refractivity contribution in [1.29, 1.82) is 0 Å². The Kier molecular flexibility index (Phi) is 4.73. The molecule has 0 saturated carbocycles. The molecule has 0 amide bonds. The van der Waals surface area contributed by atoms with Gasteiger partial charge in [0, 0.05) is 6.21 Å². The molecule has 20 heavy (non-hydrogen) atoms. The number of rotatable bonds is 3. The highest BCUT2D eigenvalue weighted by Crippen LogP contribution is 2.09. The Bertz CT molecular complexity index is 545. The van der Waals surface area contributed by atoms with Gasteiger partial charge < -0.3 is 10.1 Å². The predicted octanol–water partition coefficient (Wildman–Crippen LogP) is 2.38. The smallest absolute Gasteiger partial charge is 0.313 e. The van der Waals surface area contributed by atoms with Gasteiger partial charge in [-0.1, -0.05) is 24.4 Å². The summed E-state index contributed by atoms with van der Waals surface area (Å²) in [4.78, 5) is 8.19. The fourth-order valence-corrected chi connectivity index (χ4v) is 1.68. The van der Waals surface area contributed by atoms with Crippen molar-refractivity contribution in [3.63, 3.8) is 0 Å². The molecule has 0 bridgehead atoms. The second kappa shape index (κ2) is 6.51. The summed E-state index contributed by atoms with van der Waals surface area (Å²) in [5.41, 5.74) is 0.766. The maximum Gasteiger partial charge on any atom is 0.313 e. The van der Waals surface area contributed by atoms with Gasteiger partial charge in [-0.25, -0.2) is 18.8 Å². The number of halogens is 2. The summed E-state index contributed by atoms with van der Waals surface area (Å²) < 4.78 is 31.6. The Hall–Kier alpha value is -1.89. The summed E-state index contributed by atoms with van der Waals surface area (Å²) in [6.07, 6.45) is -1.07. The van der Waals surface area contributed by atoms with Crippen molar-refractivity contribution in [1.82, 2.24) is 5.32 Å². The molecule has 4 nitrogen and oxygen atoms in total. The largest absolute Gasteiger partial charge is 0.459 e. The minimum Gasteiger partial charge on any atom is -0.459 e. The molecule has 0 saturated heterocycles. The molecule has 1 heterocycles. The molecule has 0 aliphatic carbocycles. The van der Waals surface area contributed by atoms with Crippen molar-refractivity contribution in [2.45, 2.75) is 25.9 Å². The van der Waals surface area contributed by atoms with Crippen LogP contribution in [0.1, 0.15) is 12.5 Å². The van der Waals surface area contributed by atoms with Crippen LogP contribution in [0.2, 0.25) is 0 Å². The summed E-state index contributed by atoms with van der Waals surface area (Å²) >= 11 is 4.85. The summed E-state index contributed by atoms with van der Waals surface area (Å²) in [6, 6.07) is 5.93. The fraction of sp³-hybridized carbons (Fsp3) is 0.308. The van der Waals surface area contributed by atoms with Crippen molar-refractivity contribution in [3.8, 4) is 0 Å². The topological polar surface area (TPSA) is 46.0 Å². The lowest BCUT2D eigenvalue weighted by molar-refractivity contribution is 0.272. The number of hydrogen-bond donors (Lipinski definition) is 1. The Morgan fingerprint density at radius 3 is 2.75 bits per heavy atom. The molecule has 2 atom stereocenters. The fourth-order valence-electron chi connectivity index (χ4n) is 1.56. The zero-order chi connectivity index (χ0) is 14.5. The first-order valence-electron chi connectivity index (χ1n) is 5.95. The van der Waals surface area contributed by atoms with Gasteiger partial charge in [-0.05, 0) is 24.6 Å². The van der Waals surface area contributed by atoms with Crippen LogP contribution < -0.4 is 5.32 Å². The van der Waals surface area contributed by atoms with E-state index in [1.54, 1.807) is 19.1 Å². The van der Waals surface area contributed by atoms with Crippen LogP contribution in [0.4, 0.5) is 8.78 Å². The molecule has 2 unspecified atom stereocenters. The van der Waals surface area contributed by atoms with E-state index in [-0.39, 0.29) is 18.4 Å². The number of thiocarbonyl (C=S) groups is 1. The predicted molar refractivity (Wildman–Crippen MR) is 77.2 cm³/mol. The van der Waals surface area contributed by atoms with Gasteiger partial charge in [0.1, 0.15) is 12.4 Å². The molecule has 1 aromatic rings. The van der Waals surface area contributed by atoms with Gasteiger partial charge in [0.25, 0.3) is 0 Å². The van der Waals surface area contributed by atoms with Gasteiger partial charge >= 0.3 is 6.02 Å². The molecule has 2 rings (SSSR count). The van der Waals surface area contributed by atoms with Crippen molar-refractivity contribution >= 4 is 29.4 Å². The molecule has 0 fully saturated rings. The van der Waals surface area contributed by atoms with Crippen LogP contribution in [0, 0.1) is 5.82 Å². The molecule has 1 aliphatic rings. The Morgan fingerprint density at radius 2 is 2.10 bits per heavy atom. The normalized spacial score (nSPS) is 21.2. The Morgan fingerprint density at radius 1 is 1.40 bits per heavy atom. The quantitative estimate of drug-likeness (QED) is 0.871. The van der Waals surface area contributed by atoms with Crippen molar-refractivity contribution in [2.75, 3.05) is 0 Å². The minimum absolute atomic E-state index is 0.0666. The SMILES string of the molecule is CC(=S)NC1N=C(OCc2ccc(F)cc2)N=CC1F. The molecule has 1 aliphatic heterocycles. The van der Waals surface area contributed by atoms with Crippen LogP contribution in [-0.2, 0) is 11.3 Å². The number of alkyl halides is 1. The number of nitrogens with one attached hydrogen (secondary N) is 1. The van der Waals surface area contributed by atoms with Crippen LogP contribution in [0.25, 0.3) is 0 Å². The lowest BCUT2D eigenvalue weighted by Crippen LogP contribution is -2.41. The van der Waals surface area contributed by atoms with Gasteiger partial charge in [0.15, 0.2) is 12.3 Å². The van der Waals surface area contributed by atoms with E-state index in [4.69, 9.17) is 17.0 Å². The van der Waals surface area contributed by atoms with Gasteiger partial charge in [0.2, 0.25) is 0 Å². The van der Waals surface area contributed by atoms with Crippen molar-refractivity contribution in [2.24, 2.45) is 9.98 Å².